The number of nitrogens with zero attached hydrogens (tertiary/aromatic N) is 2. The smallest absolute Gasteiger partial charge is 0.235 e. The first kappa shape index (κ1) is 12.4. The minimum atomic E-state index is -0.122. The van der Waals surface area contributed by atoms with Crippen LogP contribution < -0.4 is 5.32 Å². The van der Waals surface area contributed by atoms with E-state index in [0.29, 0.717) is 6.61 Å². The van der Waals surface area contributed by atoms with Gasteiger partial charge in [0.25, 0.3) is 0 Å². The second kappa shape index (κ2) is 5.51. The summed E-state index contributed by atoms with van der Waals surface area (Å²) >= 11 is 5.47. The predicted molar refractivity (Wildman–Crippen MR) is 63.8 cm³/mol. The van der Waals surface area contributed by atoms with Gasteiger partial charge in [0.15, 0.2) is 0 Å². The van der Waals surface area contributed by atoms with Gasteiger partial charge in [0.2, 0.25) is 5.91 Å². The third-order valence-corrected chi connectivity index (χ3v) is 3.11. The van der Waals surface area contributed by atoms with Crippen molar-refractivity contribution in [3.63, 3.8) is 0 Å². The Bertz CT molecular complexity index is 394. The van der Waals surface area contributed by atoms with Crippen LogP contribution in [0.3, 0.4) is 0 Å². The molecule has 1 aliphatic heterocycles. The molecule has 1 amide bonds. The van der Waals surface area contributed by atoms with Crippen molar-refractivity contribution in [2.24, 2.45) is 7.05 Å². The van der Waals surface area contributed by atoms with Gasteiger partial charge in [-0.3, -0.25) is 9.48 Å². The highest BCUT2D eigenvalue weighted by molar-refractivity contribution is 6.27. The lowest BCUT2D eigenvalue weighted by molar-refractivity contribution is -0.120. The van der Waals surface area contributed by atoms with Crippen LogP contribution in [-0.4, -0.2) is 34.2 Å². The lowest BCUT2D eigenvalue weighted by Crippen LogP contribution is -2.40. The Balaban J connectivity index is 1.95. The van der Waals surface area contributed by atoms with E-state index in [1.54, 1.807) is 10.9 Å². The first-order chi connectivity index (χ1) is 8.19. The van der Waals surface area contributed by atoms with E-state index in [9.17, 15) is 4.79 Å². The molecule has 1 aliphatic rings. The lowest BCUT2D eigenvalue weighted by Gasteiger charge is -2.29. The van der Waals surface area contributed by atoms with Gasteiger partial charge in [0, 0.05) is 31.5 Å². The highest BCUT2D eigenvalue weighted by atomic mass is 35.5. The van der Waals surface area contributed by atoms with Crippen LogP contribution in [-0.2, 0) is 16.6 Å². The van der Waals surface area contributed by atoms with Crippen LogP contribution in [0.25, 0.3) is 0 Å². The summed E-state index contributed by atoms with van der Waals surface area (Å²) in [7, 11) is 1.87. The van der Waals surface area contributed by atoms with Gasteiger partial charge in [-0.15, -0.1) is 11.6 Å². The van der Waals surface area contributed by atoms with Crippen molar-refractivity contribution in [1.82, 2.24) is 15.1 Å². The van der Waals surface area contributed by atoms with Crippen LogP contribution in [0.5, 0.6) is 0 Å². The van der Waals surface area contributed by atoms with E-state index < -0.39 is 0 Å². The third-order valence-electron chi connectivity index (χ3n) is 2.87. The van der Waals surface area contributed by atoms with Crippen LogP contribution in [0, 0.1) is 0 Å². The molecule has 1 N–H and O–H groups in total. The molecule has 0 radical (unpaired) electrons. The van der Waals surface area contributed by atoms with Crippen molar-refractivity contribution < 1.29 is 9.53 Å². The van der Waals surface area contributed by atoms with Crippen LogP contribution in [0.2, 0.25) is 0 Å². The molecule has 1 saturated heterocycles. The molecule has 2 rings (SSSR count). The molecule has 0 bridgehead atoms. The fraction of sp³-hybridized carbons (Fsp3) is 0.636. The molecule has 17 heavy (non-hydrogen) atoms. The molecule has 5 nitrogen and oxygen atoms in total. The van der Waals surface area contributed by atoms with Crippen molar-refractivity contribution in [3.8, 4) is 0 Å². The summed E-state index contributed by atoms with van der Waals surface area (Å²) in [5.74, 6) is -0.113. The van der Waals surface area contributed by atoms with E-state index in [2.05, 4.69) is 10.4 Å². The molecule has 6 heteroatoms. The SMILES string of the molecule is Cn1cc(C2CC(NC(=O)CCl)CCO2)cn1. The number of carbonyl (C=O) groups excluding carboxylic acids is 1. The first-order valence-electron chi connectivity index (χ1n) is 5.64. The maximum Gasteiger partial charge on any atom is 0.235 e. The number of nitrogens with one attached hydrogen (secondary N) is 1. The average molecular weight is 258 g/mol. The number of amides is 1. The van der Waals surface area contributed by atoms with Crippen LogP contribution in [0.1, 0.15) is 24.5 Å². The Morgan fingerprint density at radius 1 is 1.76 bits per heavy atom. The van der Waals surface area contributed by atoms with E-state index in [-0.39, 0.29) is 23.9 Å². The standard InChI is InChI=1S/C11H16ClN3O2/c1-15-7-8(6-13-15)10-4-9(2-3-17-10)14-11(16)5-12/h6-7,9-10H,2-5H2,1H3,(H,14,16). The monoisotopic (exact) mass is 257 g/mol. The number of carbonyl (C=O) groups is 1. The van der Waals surface area contributed by atoms with Gasteiger partial charge in [-0.2, -0.15) is 5.10 Å². The molecule has 0 saturated carbocycles. The summed E-state index contributed by atoms with van der Waals surface area (Å²) in [6, 6.07) is 0.139. The zero-order valence-corrected chi connectivity index (χ0v) is 10.5. The fourth-order valence-electron chi connectivity index (χ4n) is 2.03. The summed E-state index contributed by atoms with van der Waals surface area (Å²) in [5, 5.41) is 7.02. The second-order valence-corrected chi connectivity index (χ2v) is 4.50. The number of rotatable bonds is 3. The Hall–Kier alpha value is -1.07. The summed E-state index contributed by atoms with van der Waals surface area (Å²) in [4.78, 5) is 11.2. The molecule has 94 valence electrons. The van der Waals surface area contributed by atoms with E-state index >= 15 is 0 Å². The number of alkyl halides is 1. The van der Waals surface area contributed by atoms with Crippen molar-refractivity contribution in [2.75, 3.05) is 12.5 Å². The average Bonchev–Trinajstić information content (AvgIpc) is 2.76. The van der Waals surface area contributed by atoms with Crippen molar-refractivity contribution >= 4 is 17.5 Å². The van der Waals surface area contributed by atoms with E-state index in [1.165, 1.54) is 0 Å². The lowest BCUT2D eigenvalue weighted by atomic mass is 9.99. The van der Waals surface area contributed by atoms with Gasteiger partial charge >= 0.3 is 0 Å². The van der Waals surface area contributed by atoms with Gasteiger partial charge in [-0.25, -0.2) is 0 Å². The molecule has 2 unspecified atom stereocenters. The Morgan fingerprint density at radius 3 is 3.24 bits per heavy atom. The minimum Gasteiger partial charge on any atom is -0.373 e. The van der Waals surface area contributed by atoms with Crippen LogP contribution in [0.4, 0.5) is 0 Å². The Morgan fingerprint density at radius 2 is 2.59 bits per heavy atom. The molecule has 1 aromatic heterocycles. The van der Waals surface area contributed by atoms with E-state index in [1.807, 2.05) is 13.2 Å². The fourth-order valence-corrected chi connectivity index (χ4v) is 2.11. The molecule has 1 fully saturated rings. The second-order valence-electron chi connectivity index (χ2n) is 4.23. The molecule has 0 spiro atoms. The third kappa shape index (κ3) is 3.20. The summed E-state index contributed by atoms with van der Waals surface area (Å²) in [6.07, 6.45) is 5.36. The Labute approximate surface area is 105 Å². The van der Waals surface area contributed by atoms with Crippen molar-refractivity contribution in [3.05, 3.63) is 18.0 Å². The molecular weight excluding hydrogens is 242 g/mol. The van der Waals surface area contributed by atoms with Crippen molar-refractivity contribution in [1.29, 1.82) is 0 Å². The van der Waals surface area contributed by atoms with Gasteiger partial charge in [-0.1, -0.05) is 0 Å². The number of hydrogen-bond donors (Lipinski definition) is 1. The largest absolute Gasteiger partial charge is 0.373 e. The zero-order chi connectivity index (χ0) is 12.3. The summed E-state index contributed by atoms with van der Waals surface area (Å²) < 4.78 is 7.43. The number of aromatic nitrogens is 2. The van der Waals surface area contributed by atoms with Crippen LogP contribution >= 0.6 is 11.6 Å². The highest BCUT2D eigenvalue weighted by Gasteiger charge is 2.25. The predicted octanol–water partition coefficient (Wildman–Crippen LogP) is 0.995. The van der Waals surface area contributed by atoms with E-state index in [0.717, 1.165) is 18.4 Å². The number of ether oxygens (including phenoxy) is 1. The maximum atomic E-state index is 11.2. The normalized spacial score (nSPS) is 24.6. The molecule has 0 aromatic carbocycles. The number of hydrogen-bond acceptors (Lipinski definition) is 3. The van der Waals surface area contributed by atoms with Gasteiger partial charge in [-0.05, 0) is 12.8 Å². The first-order valence-corrected chi connectivity index (χ1v) is 6.18. The maximum absolute atomic E-state index is 11.2. The Kier molecular flexibility index (Phi) is 4.02. The minimum absolute atomic E-state index is 0.00885. The zero-order valence-electron chi connectivity index (χ0n) is 9.73. The highest BCUT2D eigenvalue weighted by Crippen LogP contribution is 2.27. The number of halogens is 1. The molecule has 2 atom stereocenters. The number of aryl methyl sites for hydroxylation is 1. The summed E-state index contributed by atoms with van der Waals surface area (Å²) in [6.45, 7) is 0.646. The van der Waals surface area contributed by atoms with Gasteiger partial charge in [0.1, 0.15) is 5.88 Å². The van der Waals surface area contributed by atoms with Gasteiger partial charge < -0.3 is 10.1 Å². The topological polar surface area (TPSA) is 56.2 Å². The molecule has 0 aliphatic carbocycles. The van der Waals surface area contributed by atoms with E-state index in [4.69, 9.17) is 16.3 Å². The molecule has 1 aromatic rings. The van der Waals surface area contributed by atoms with Gasteiger partial charge in [0.05, 0.1) is 12.3 Å². The summed E-state index contributed by atoms with van der Waals surface area (Å²) in [5.41, 5.74) is 1.05. The molecule has 2 heterocycles. The van der Waals surface area contributed by atoms with Crippen molar-refractivity contribution in [2.45, 2.75) is 25.0 Å². The molecular formula is C11H16ClN3O2. The quantitative estimate of drug-likeness (QED) is 0.822. The van der Waals surface area contributed by atoms with Crippen LogP contribution in [0.15, 0.2) is 12.4 Å².